The molecule has 2 rings (SSSR count). The third-order valence-corrected chi connectivity index (χ3v) is 1.27. The van der Waals surface area contributed by atoms with Gasteiger partial charge >= 0.3 is 17.7 Å². The summed E-state index contributed by atoms with van der Waals surface area (Å²) in [6, 6.07) is -1.08. The van der Waals surface area contributed by atoms with Crippen molar-refractivity contribution < 1.29 is 20.4 Å². The van der Waals surface area contributed by atoms with Gasteiger partial charge in [0.15, 0.2) is 6.01 Å². The zero-order valence-electron chi connectivity index (χ0n) is 8.50. The highest BCUT2D eigenvalue weighted by Crippen LogP contribution is 2.05. The molecular weight excluding hydrogens is 252 g/mol. The smallest absolute Gasteiger partial charge is 0.493 e. The Hall–Kier alpha value is -3.32. The van der Waals surface area contributed by atoms with Crippen LogP contribution in [0.3, 0.4) is 0 Å². The van der Waals surface area contributed by atoms with Crippen LogP contribution in [0.25, 0.3) is 5.78 Å². The number of fused-ring (bicyclic) bond motifs is 1. The maximum absolute atomic E-state index is 10.9. The molecule has 2 aromatic heterocycles. The van der Waals surface area contributed by atoms with Gasteiger partial charge in [-0.2, -0.15) is 0 Å². The third-order valence-electron chi connectivity index (χ3n) is 1.27. The Bertz CT molecular complexity index is 601. The first kappa shape index (κ1) is 12.7. The summed E-state index contributed by atoms with van der Waals surface area (Å²) in [6.45, 7) is 0. The number of hydrogen-bond acceptors (Lipinski definition) is 8. The van der Waals surface area contributed by atoms with Gasteiger partial charge in [-0.15, -0.1) is 4.52 Å². The van der Waals surface area contributed by atoms with E-state index in [1.165, 1.54) is 0 Å². The number of nitrogens with two attached hydrogens (primary N) is 3. The Morgan fingerprint density at radius 3 is 2.50 bits per heavy atom. The van der Waals surface area contributed by atoms with E-state index in [2.05, 4.69) is 37.2 Å². The van der Waals surface area contributed by atoms with Gasteiger partial charge in [-0.3, -0.25) is 16.9 Å². The Balaban J connectivity index is 0.000000357. The average molecular weight is 258 g/mol. The van der Waals surface area contributed by atoms with Crippen molar-refractivity contribution in [3.63, 3.8) is 0 Å². The molecule has 14 nitrogen and oxygen atoms in total. The minimum Gasteiger partial charge on any atom is -0.839 e. The molecule has 0 aromatic carbocycles. The van der Waals surface area contributed by atoms with Crippen LogP contribution in [0, 0.1) is 15.3 Å². The molecule has 2 heterocycles. The SMILES string of the molecule is NC(N)=[NH2+].O=[N+]([O-])c1nc2n[n+]([O-])nc([O-])n2n1. The van der Waals surface area contributed by atoms with Gasteiger partial charge in [-0.25, -0.2) is 0 Å². The highest BCUT2D eigenvalue weighted by Gasteiger charge is 2.20. The van der Waals surface area contributed by atoms with Crippen LogP contribution in [0.2, 0.25) is 0 Å². The summed E-state index contributed by atoms with van der Waals surface area (Å²) < 4.78 is 0.465. The highest BCUT2D eigenvalue weighted by molar-refractivity contribution is 5.68. The zero-order chi connectivity index (χ0) is 13.9. The molecule has 0 unspecified atom stereocenters. The van der Waals surface area contributed by atoms with Crippen molar-refractivity contribution in [2.75, 3.05) is 0 Å². The van der Waals surface area contributed by atoms with Gasteiger partial charge in [-0.1, -0.05) is 0 Å². The number of hydrogen-bond donors (Lipinski definition) is 3. The van der Waals surface area contributed by atoms with E-state index in [1.807, 2.05) is 0 Å². The fourth-order valence-corrected chi connectivity index (χ4v) is 0.778. The van der Waals surface area contributed by atoms with Gasteiger partial charge < -0.3 is 20.4 Å². The monoisotopic (exact) mass is 258 g/mol. The summed E-state index contributed by atoms with van der Waals surface area (Å²) in [5, 5.41) is 45.3. The van der Waals surface area contributed by atoms with Gasteiger partial charge in [0.1, 0.15) is 5.10 Å². The Morgan fingerprint density at radius 1 is 1.44 bits per heavy atom. The topological polar surface area (TPSA) is 227 Å². The Morgan fingerprint density at radius 2 is 2.00 bits per heavy atom. The van der Waals surface area contributed by atoms with E-state index in [4.69, 9.17) is 0 Å². The van der Waals surface area contributed by atoms with E-state index in [0.29, 0.717) is 4.52 Å². The molecule has 0 atom stereocenters. The lowest BCUT2D eigenvalue weighted by atomic mass is 11.0. The van der Waals surface area contributed by atoms with Crippen molar-refractivity contribution in [2.24, 2.45) is 11.5 Å². The van der Waals surface area contributed by atoms with Gasteiger partial charge in [0, 0.05) is 10.2 Å². The highest BCUT2D eigenvalue weighted by atomic mass is 16.6. The van der Waals surface area contributed by atoms with Crippen molar-refractivity contribution >= 4 is 17.7 Å². The molecule has 2 aromatic rings. The summed E-state index contributed by atoms with van der Waals surface area (Å²) >= 11 is 0. The maximum Gasteiger partial charge on any atom is 0.493 e. The normalized spacial score (nSPS) is 9.56. The van der Waals surface area contributed by atoms with E-state index in [9.17, 15) is 20.4 Å². The van der Waals surface area contributed by atoms with Crippen molar-refractivity contribution in [1.82, 2.24) is 24.8 Å². The summed E-state index contributed by atoms with van der Waals surface area (Å²) in [6.07, 6.45) is 0. The molecule has 6 N–H and O–H groups in total. The van der Waals surface area contributed by atoms with Crippen molar-refractivity contribution in [1.29, 1.82) is 0 Å². The maximum atomic E-state index is 10.9. The molecule has 0 fully saturated rings. The van der Waals surface area contributed by atoms with Crippen molar-refractivity contribution in [2.45, 2.75) is 0 Å². The van der Waals surface area contributed by atoms with Crippen LogP contribution in [-0.4, -0.2) is 35.7 Å². The fourth-order valence-electron chi connectivity index (χ4n) is 0.778. The first-order valence-electron chi connectivity index (χ1n) is 4.01. The van der Waals surface area contributed by atoms with Crippen LogP contribution in [0.1, 0.15) is 0 Å². The average Bonchev–Trinajstić information content (AvgIpc) is 2.60. The molecule has 0 amide bonds. The van der Waals surface area contributed by atoms with E-state index >= 15 is 0 Å². The van der Waals surface area contributed by atoms with Gasteiger partial charge in [0.25, 0.3) is 0 Å². The summed E-state index contributed by atoms with van der Waals surface area (Å²) in [7, 11) is 0. The van der Waals surface area contributed by atoms with Crippen LogP contribution < -0.4 is 26.9 Å². The molecule has 0 aliphatic carbocycles. The van der Waals surface area contributed by atoms with Crippen LogP contribution in [0.15, 0.2) is 0 Å². The number of guanidine groups is 1. The number of nitro groups is 1. The quantitative estimate of drug-likeness (QED) is 0.109. The third kappa shape index (κ3) is 2.84. The summed E-state index contributed by atoms with van der Waals surface area (Å²) in [4.78, 5) is 12.2. The van der Waals surface area contributed by atoms with Crippen molar-refractivity contribution in [3.8, 4) is 6.01 Å². The molecular formula is C4H6N10O4. The zero-order valence-corrected chi connectivity index (χ0v) is 8.50. The lowest BCUT2D eigenvalue weighted by Crippen LogP contribution is -2.51. The Kier molecular flexibility index (Phi) is 3.31. The molecule has 0 aliphatic heterocycles. The molecule has 14 heteroatoms. The minimum absolute atomic E-state index is 0.0833. The lowest BCUT2D eigenvalue weighted by Gasteiger charge is -1.96. The summed E-state index contributed by atoms with van der Waals surface area (Å²) in [5.74, 6) is -1.37. The standard InChI is InChI=1S/C3HN7O4.CH5N3/c11-3-7-10(14)6-1-4-2(9(12)13)5-8(1)3;2-1(3)4/h(H,4,5,6,7,11);(H5,2,3,4). The molecule has 0 spiro atoms. The predicted molar refractivity (Wildman–Crippen MR) is 48.9 cm³/mol. The molecule has 0 aliphatic rings. The largest absolute Gasteiger partial charge is 0.839 e. The second-order valence-corrected chi connectivity index (χ2v) is 2.62. The van der Waals surface area contributed by atoms with Gasteiger partial charge in [-0.05, 0) is 9.91 Å². The fraction of sp³-hybridized carbons (Fsp3) is 0. The molecule has 96 valence electrons. The lowest BCUT2D eigenvalue weighted by molar-refractivity contribution is -0.731. The van der Waals surface area contributed by atoms with Crippen LogP contribution in [-0.2, 0) is 0 Å². The molecule has 0 saturated carbocycles. The predicted octanol–water partition coefficient (Wildman–Crippen LogP) is -5.85. The summed E-state index contributed by atoms with van der Waals surface area (Å²) in [5.41, 5.74) is 9.17. The molecule has 0 bridgehead atoms. The van der Waals surface area contributed by atoms with E-state index in [-0.39, 0.29) is 10.9 Å². The molecule has 0 saturated heterocycles. The van der Waals surface area contributed by atoms with E-state index in [0.717, 1.165) is 0 Å². The van der Waals surface area contributed by atoms with E-state index < -0.39 is 22.7 Å². The molecule has 0 radical (unpaired) electrons. The first-order valence-corrected chi connectivity index (χ1v) is 4.01. The van der Waals surface area contributed by atoms with E-state index in [1.54, 1.807) is 0 Å². The van der Waals surface area contributed by atoms with Crippen LogP contribution >= 0.6 is 0 Å². The second kappa shape index (κ2) is 4.68. The minimum atomic E-state index is -1.08. The number of aromatic nitrogens is 6. The van der Waals surface area contributed by atoms with Crippen LogP contribution in [0.4, 0.5) is 5.95 Å². The Labute approximate surface area is 96.7 Å². The van der Waals surface area contributed by atoms with Gasteiger partial charge in [0.05, 0.1) is 4.96 Å². The van der Waals surface area contributed by atoms with Gasteiger partial charge in [0.2, 0.25) is 0 Å². The molecule has 18 heavy (non-hydrogen) atoms. The van der Waals surface area contributed by atoms with Crippen molar-refractivity contribution in [3.05, 3.63) is 15.3 Å². The van der Waals surface area contributed by atoms with Crippen LogP contribution in [0.5, 0.6) is 6.01 Å². The number of nitrogens with zero attached hydrogens (tertiary/aromatic N) is 7. The number of rotatable bonds is 1. The second-order valence-electron chi connectivity index (χ2n) is 2.62. The first-order chi connectivity index (χ1) is 8.31.